The van der Waals surface area contributed by atoms with Crippen LogP contribution in [0, 0.1) is 12.8 Å². The summed E-state index contributed by atoms with van der Waals surface area (Å²) < 4.78 is 38.5. The molecule has 7 heteroatoms. The Morgan fingerprint density at radius 2 is 2.04 bits per heavy atom. The van der Waals surface area contributed by atoms with Gasteiger partial charge >= 0.3 is 6.18 Å². The van der Waals surface area contributed by atoms with E-state index >= 15 is 0 Å². The quantitative estimate of drug-likeness (QED) is 0.850. The van der Waals surface area contributed by atoms with Crippen molar-refractivity contribution in [2.75, 3.05) is 13.1 Å². The Hall–Kier alpha value is -2.41. The fraction of sp³-hybridized carbons (Fsp3) is 0.429. The van der Waals surface area contributed by atoms with Gasteiger partial charge in [-0.05, 0) is 43.9 Å². The summed E-state index contributed by atoms with van der Waals surface area (Å²) in [4.78, 5) is 19.1. The average Bonchev–Trinajstić information content (AvgIpc) is 2.66. The summed E-state index contributed by atoms with van der Waals surface area (Å²) in [6.07, 6.45) is -1.72. The van der Waals surface area contributed by atoms with E-state index in [0.29, 0.717) is 35.8 Å². The van der Waals surface area contributed by atoms with E-state index in [9.17, 15) is 18.0 Å². The molecule has 1 aliphatic rings. The molecule has 2 heterocycles. The molecule has 28 heavy (non-hydrogen) atoms. The maximum atomic E-state index is 13.3. The fourth-order valence-corrected chi connectivity index (χ4v) is 3.79. The van der Waals surface area contributed by atoms with E-state index in [0.717, 1.165) is 30.7 Å². The number of aromatic nitrogens is 1. The summed E-state index contributed by atoms with van der Waals surface area (Å²) in [6.45, 7) is 4.97. The van der Waals surface area contributed by atoms with Gasteiger partial charge in [-0.3, -0.25) is 9.78 Å². The molecule has 4 nitrogen and oxygen atoms in total. The van der Waals surface area contributed by atoms with Gasteiger partial charge in [0.25, 0.3) is 5.91 Å². The average molecular weight is 391 g/mol. The minimum Gasteiger partial charge on any atom is -0.334 e. The second-order valence-electron chi connectivity index (χ2n) is 7.40. The molecule has 1 aromatic carbocycles. The lowest BCUT2D eigenvalue weighted by Crippen LogP contribution is -2.51. The van der Waals surface area contributed by atoms with Crippen LogP contribution in [0.15, 0.2) is 36.5 Å². The summed E-state index contributed by atoms with van der Waals surface area (Å²) in [7, 11) is 0. The van der Waals surface area contributed by atoms with Gasteiger partial charge in [0.05, 0.1) is 11.3 Å². The van der Waals surface area contributed by atoms with E-state index in [2.05, 4.69) is 11.9 Å². The number of piperidine rings is 1. The highest BCUT2D eigenvalue weighted by Gasteiger charge is 2.33. The van der Waals surface area contributed by atoms with E-state index in [1.54, 1.807) is 17.0 Å². The number of alkyl halides is 3. The summed E-state index contributed by atoms with van der Waals surface area (Å²) >= 11 is 0. The van der Waals surface area contributed by atoms with Crippen LogP contribution in [0.5, 0.6) is 0 Å². The normalized spacial score (nSPS) is 20.3. The van der Waals surface area contributed by atoms with Crippen LogP contribution in [0.1, 0.15) is 41.3 Å². The molecule has 2 aromatic rings. The second-order valence-corrected chi connectivity index (χ2v) is 7.40. The number of benzene rings is 1. The standard InChI is InChI=1S/C21H24F3N3O/c1-13-5-7-16(18-8-6-15(12-26-18)21(22,23)24)17(10-13)20(28)27-9-3-4-14(2)19(27)11-25/h5-8,10,12,14,19H,3-4,9,11,25H2,1-2H3/t14-,19-/m1/s1. The van der Waals surface area contributed by atoms with E-state index in [1.165, 1.54) is 6.07 Å². The Balaban J connectivity index is 2.00. The molecule has 1 saturated heterocycles. The van der Waals surface area contributed by atoms with Crippen LogP contribution < -0.4 is 5.73 Å². The molecule has 1 aromatic heterocycles. The Bertz CT molecular complexity index is 849. The van der Waals surface area contributed by atoms with Crippen molar-refractivity contribution < 1.29 is 18.0 Å². The maximum Gasteiger partial charge on any atom is 0.417 e. The number of amides is 1. The zero-order chi connectivity index (χ0) is 20.5. The number of aryl methyl sites for hydroxylation is 1. The molecule has 0 unspecified atom stereocenters. The number of rotatable bonds is 3. The molecule has 2 atom stereocenters. The molecule has 3 rings (SSSR count). The number of hydrogen-bond donors (Lipinski definition) is 1. The number of hydrogen-bond acceptors (Lipinski definition) is 3. The highest BCUT2D eigenvalue weighted by molar-refractivity contribution is 6.01. The molecule has 0 bridgehead atoms. The summed E-state index contributed by atoms with van der Waals surface area (Å²) in [6, 6.07) is 7.58. The van der Waals surface area contributed by atoms with Crippen molar-refractivity contribution >= 4 is 5.91 Å². The van der Waals surface area contributed by atoms with Gasteiger partial charge < -0.3 is 10.6 Å². The number of likely N-dealkylation sites (tertiary alicyclic amines) is 1. The molecule has 0 spiro atoms. The SMILES string of the molecule is Cc1ccc(-c2ccc(C(F)(F)F)cn2)c(C(=O)N2CCC[C@@H](C)[C@H]2CN)c1. The van der Waals surface area contributed by atoms with Crippen LogP contribution in [-0.2, 0) is 6.18 Å². The van der Waals surface area contributed by atoms with Crippen molar-refractivity contribution in [1.82, 2.24) is 9.88 Å². The monoisotopic (exact) mass is 391 g/mol. The van der Waals surface area contributed by atoms with Gasteiger partial charge in [-0.2, -0.15) is 13.2 Å². The van der Waals surface area contributed by atoms with Crippen LogP contribution in [0.3, 0.4) is 0 Å². The van der Waals surface area contributed by atoms with Gasteiger partial charge in [-0.1, -0.05) is 24.6 Å². The lowest BCUT2D eigenvalue weighted by atomic mass is 9.89. The lowest BCUT2D eigenvalue weighted by molar-refractivity contribution is -0.137. The number of nitrogens with two attached hydrogens (primary N) is 1. The number of carbonyl (C=O) groups excluding carboxylic acids is 1. The van der Waals surface area contributed by atoms with E-state index in [-0.39, 0.29) is 11.9 Å². The predicted molar refractivity (Wildman–Crippen MR) is 102 cm³/mol. The number of halogens is 3. The number of pyridine rings is 1. The van der Waals surface area contributed by atoms with Crippen LogP contribution in [0.2, 0.25) is 0 Å². The Morgan fingerprint density at radius 1 is 1.29 bits per heavy atom. The summed E-state index contributed by atoms with van der Waals surface area (Å²) in [5.74, 6) is 0.155. The molecule has 150 valence electrons. The molecule has 1 amide bonds. The van der Waals surface area contributed by atoms with Crippen molar-refractivity contribution in [3.05, 3.63) is 53.2 Å². The largest absolute Gasteiger partial charge is 0.417 e. The zero-order valence-corrected chi connectivity index (χ0v) is 16.0. The fourth-order valence-electron chi connectivity index (χ4n) is 3.79. The topological polar surface area (TPSA) is 59.2 Å². The smallest absolute Gasteiger partial charge is 0.334 e. The molecule has 2 N–H and O–H groups in total. The first-order valence-corrected chi connectivity index (χ1v) is 9.37. The van der Waals surface area contributed by atoms with Crippen LogP contribution in [-0.4, -0.2) is 34.9 Å². The Kier molecular flexibility index (Phi) is 5.74. The van der Waals surface area contributed by atoms with E-state index in [1.807, 2.05) is 13.0 Å². The number of carbonyl (C=O) groups is 1. The van der Waals surface area contributed by atoms with Gasteiger partial charge in [0, 0.05) is 36.5 Å². The first kappa shape index (κ1) is 20.3. The van der Waals surface area contributed by atoms with Crippen LogP contribution in [0.25, 0.3) is 11.3 Å². The molecular weight excluding hydrogens is 367 g/mol. The van der Waals surface area contributed by atoms with Gasteiger partial charge in [0.2, 0.25) is 0 Å². The third kappa shape index (κ3) is 4.04. The zero-order valence-electron chi connectivity index (χ0n) is 16.0. The van der Waals surface area contributed by atoms with Gasteiger partial charge in [-0.15, -0.1) is 0 Å². The van der Waals surface area contributed by atoms with Crippen molar-refractivity contribution in [3.8, 4) is 11.3 Å². The van der Waals surface area contributed by atoms with Gasteiger partial charge in [0.1, 0.15) is 0 Å². The minimum absolute atomic E-state index is 0.0461. The third-order valence-electron chi connectivity index (χ3n) is 5.39. The summed E-state index contributed by atoms with van der Waals surface area (Å²) in [5.41, 5.74) is 7.31. The van der Waals surface area contributed by atoms with Gasteiger partial charge in [0.15, 0.2) is 0 Å². The molecular formula is C21H24F3N3O. The highest BCUT2D eigenvalue weighted by atomic mass is 19.4. The Morgan fingerprint density at radius 3 is 2.64 bits per heavy atom. The van der Waals surface area contributed by atoms with E-state index < -0.39 is 11.7 Å². The maximum absolute atomic E-state index is 13.3. The van der Waals surface area contributed by atoms with Crippen molar-refractivity contribution in [1.29, 1.82) is 0 Å². The molecule has 0 aliphatic carbocycles. The Labute approximate surface area is 162 Å². The first-order valence-electron chi connectivity index (χ1n) is 9.37. The minimum atomic E-state index is -4.45. The van der Waals surface area contributed by atoms with Crippen LogP contribution in [0.4, 0.5) is 13.2 Å². The summed E-state index contributed by atoms with van der Waals surface area (Å²) in [5, 5.41) is 0. The number of nitrogens with zero attached hydrogens (tertiary/aromatic N) is 2. The third-order valence-corrected chi connectivity index (χ3v) is 5.39. The second kappa shape index (κ2) is 7.91. The van der Waals surface area contributed by atoms with Crippen molar-refractivity contribution in [2.24, 2.45) is 11.7 Å². The molecule has 0 saturated carbocycles. The van der Waals surface area contributed by atoms with Crippen LogP contribution >= 0.6 is 0 Å². The molecule has 1 fully saturated rings. The lowest BCUT2D eigenvalue weighted by Gasteiger charge is -2.39. The van der Waals surface area contributed by atoms with Crippen molar-refractivity contribution in [3.63, 3.8) is 0 Å². The van der Waals surface area contributed by atoms with Gasteiger partial charge in [-0.25, -0.2) is 0 Å². The first-order chi connectivity index (χ1) is 13.2. The predicted octanol–water partition coefficient (Wildman–Crippen LogP) is 4.28. The molecule has 0 radical (unpaired) electrons. The van der Waals surface area contributed by atoms with Crippen molar-refractivity contribution in [2.45, 2.75) is 38.9 Å². The van der Waals surface area contributed by atoms with E-state index in [4.69, 9.17) is 5.73 Å². The molecule has 1 aliphatic heterocycles. The highest BCUT2D eigenvalue weighted by Crippen LogP contribution is 2.32.